The zero-order valence-corrected chi connectivity index (χ0v) is 14.2. The summed E-state index contributed by atoms with van der Waals surface area (Å²) in [6.45, 7) is 0.558. The van der Waals surface area contributed by atoms with Gasteiger partial charge >= 0.3 is 0 Å². The first-order valence-electron chi connectivity index (χ1n) is 7.24. The molecule has 0 fully saturated rings. The van der Waals surface area contributed by atoms with Crippen molar-refractivity contribution in [2.45, 2.75) is 6.42 Å². The Balaban J connectivity index is 1.55. The lowest BCUT2D eigenvalue weighted by Crippen LogP contribution is -2.25. The van der Waals surface area contributed by atoms with Gasteiger partial charge in [0.1, 0.15) is 0 Å². The van der Waals surface area contributed by atoms with Crippen molar-refractivity contribution in [3.05, 3.63) is 64.7 Å². The molecule has 0 aliphatic carbocycles. The minimum atomic E-state index is -0.206. The van der Waals surface area contributed by atoms with Crippen molar-refractivity contribution in [2.75, 3.05) is 6.54 Å². The van der Waals surface area contributed by atoms with E-state index in [4.69, 9.17) is 4.42 Å². The minimum Gasteiger partial charge on any atom is -0.444 e. The molecule has 0 atom stereocenters. The Morgan fingerprint density at radius 1 is 1.22 bits per heavy atom. The fourth-order valence-electron chi connectivity index (χ4n) is 2.34. The number of amides is 1. The molecule has 1 aromatic carbocycles. The molecule has 0 saturated heterocycles. The lowest BCUT2D eigenvalue weighted by molar-refractivity contribution is 0.0925. The van der Waals surface area contributed by atoms with Gasteiger partial charge in [0, 0.05) is 19.8 Å². The third-order valence-corrected chi connectivity index (χ3v) is 3.99. The number of furan rings is 1. The average Bonchev–Trinajstić information content (AvgIpc) is 3.16. The first kappa shape index (κ1) is 15.6. The summed E-state index contributed by atoms with van der Waals surface area (Å²) in [7, 11) is 1.92. The summed E-state index contributed by atoms with van der Waals surface area (Å²) >= 11 is 3.18. The van der Waals surface area contributed by atoms with E-state index in [1.807, 2.05) is 17.8 Å². The van der Waals surface area contributed by atoms with Crippen molar-refractivity contribution in [1.82, 2.24) is 15.1 Å². The predicted octanol–water partition coefficient (Wildman–Crippen LogP) is 3.42. The number of hydrogen-bond acceptors (Lipinski definition) is 3. The van der Waals surface area contributed by atoms with Gasteiger partial charge in [-0.3, -0.25) is 9.48 Å². The van der Waals surface area contributed by atoms with Gasteiger partial charge in [-0.25, -0.2) is 0 Å². The van der Waals surface area contributed by atoms with Crippen LogP contribution in [0.5, 0.6) is 0 Å². The molecule has 0 aliphatic rings. The van der Waals surface area contributed by atoms with E-state index in [0.29, 0.717) is 17.0 Å². The van der Waals surface area contributed by atoms with Gasteiger partial charge in [-0.1, -0.05) is 24.3 Å². The maximum Gasteiger partial charge on any atom is 0.287 e. The molecule has 23 heavy (non-hydrogen) atoms. The summed E-state index contributed by atoms with van der Waals surface area (Å²) < 4.78 is 7.61. The molecule has 6 heteroatoms. The number of benzene rings is 1. The highest BCUT2D eigenvalue weighted by Crippen LogP contribution is 2.18. The van der Waals surface area contributed by atoms with E-state index >= 15 is 0 Å². The molecule has 3 aromatic rings. The molecule has 0 radical (unpaired) electrons. The Hall–Kier alpha value is -2.34. The van der Waals surface area contributed by atoms with Gasteiger partial charge in [0.25, 0.3) is 5.91 Å². The lowest BCUT2D eigenvalue weighted by Gasteiger charge is -2.06. The zero-order valence-electron chi connectivity index (χ0n) is 12.6. The Bertz CT molecular complexity index is 805. The molecule has 2 heterocycles. The second-order valence-electron chi connectivity index (χ2n) is 5.15. The molecule has 0 saturated carbocycles. The fraction of sp³-hybridized carbons (Fsp3) is 0.176. The molecule has 0 aliphatic heterocycles. The van der Waals surface area contributed by atoms with Crippen LogP contribution in [0, 0.1) is 0 Å². The maximum absolute atomic E-state index is 11.9. The van der Waals surface area contributed by atoms with Gasteiger partial charge in [-0.05, 0) is 51.7 Å². The molecule has 2 aromatic heterocycles. The number of carbonyl (C=O) groups is 1. The van der Waals surface area contributed by atoms with Gasteiger partial charge < -0.3 is 9.73 Å². The van der Waals surface area contributed by atoms with E-state index in [1.54, 1.807) is 18.3 Å². The van der Waals surface area contributed by atoms with Gasteiger partial charge in [-0.15, -0.1) is 0 Å². The predicted molar refractivity (Wildman–Crippen MR) is 91.1 cm³/mol. The molecule has 118 valence electrons. The number of rotatable bonds is 5. The third kappa shape index (κ3) is 3.71. The SMILES string of the molecule is Cn1nccc1-c1ccc(CCNC(=O)c2ccc(Br)o2)cc1. The second kappa shape index (κ2) is 6.83. The lowest BCUT2D eigenvalue weighted by atomic mass is 10.1. The molecule has 1 N–H and O–H groups in total. The van der Waals surface area contributed by atoms with Crippen LogP contribution in [0.15, 0.2) is 57.7 Å². The summed E-state index contributed by atoms with van der Waals surface area (Å²) in [5.41, 5.74) is 3.36. The molecule has 3 rings (SSSR count). The number of hydrogen-bond donors (Lipinski definition) is 1. The summed E-state index contributed by atoms with van der Waals surface area (Å²) in [5.74, 6) is 0.102. The quantitative estimate of drug-likeness (QED) is 0.745. The van der Waals surface area contributed by atoms with Crippen molar-refractivity contribution < 1.29 is 9.21 Å². The Morgan fingerprint density at radius 2 is 2.00 bits per heavy atom. The Labute approximate surface area is 142 Å². The molecule has 5 nitrogen and oxygen atoms in total. The number of aryl methyl sites for hydroxylation is 1. The molecule has 1 amide bonds. The van der Waals surface area contributed by atoms with Crippen LogP contribution < -0.4 is 5.32 Å². The number of halogens is 1. The van der Waals surface area contributed by atoms with Crippen molar-refractivity contribution >= 4 is 21.8 Å². The largest absolute Gasteiger partial charge is 0.444 e. The van der Waals surface area contributed by atoms with Crippen LogP contribution in [0.1, 0.15) is 16.1 Å². The van der Waals surface area contributed by atoms with Gasteiger partial charge in [0.05, 0.1) is 5.69 Å². The van der Waals surface area contributed by atoms with Crippen molar-refractivity contribution in [3.8, 4) is 11.3 Å². The summed E-state index contributed by atoms with van der Waals surface area (Å²) in [6, 6.07) is 13.6. The van der Waals surface area contributed by atoms with E-state index < -0.39 is 0 Å². The van der Waals surface area contributed by atoms with Crippen LogP contribution in [-0.2, 0) is 13.5 Å². The van der Waals surface area contributed by atoms with E-state index in [-0.39, 0.29) is 5.91 Å². The van der Waals surface area contributed by atoms with Crippen molar-refractivity contribution in [3.63, 3.8) is 0 Å². The number of nitrogens with one attached hydrogen (secondary N) is 1. The first-order valence-corrected chi connectivity index (χ1v) is 8.03. The van der Waals surface area contributed by atoms with Crippen molar-refractivity contribution in [2.24, 2.45) is 7.05 Å². The van der Waals surface area contributed by atoms with Gasteiger partial charge in [0.2, 0.25) is 0 Å². The molecular weight excluding hydrogens is 358 g/mol. The Kier molecular flexibility index (Phi) is 4.62. The summed E-state index contributed by atoms with van der Waals surface area (Å²) in [5, 5.41) is 7.02. The molecule has 0 unspecified atom stereocenters. The maximum atomic E-state index is 11.9. The summed E-state index contributed by atoms with van der Waals surface area (Å²) in [4.78, 5) is 11.9. The number of nitrogens with zero attached hydrogens (tertiary/aromatic N) is 2. The van der Waals surface area contributed by atoms with Gasteiger partial charge in [-0.2, -0.15) is 5.10 Å². The fourth-order valence-corrected chi connectivity index (χ4v) is 2.65. The topological polar surface area (TPSA) is 60.1 Å². The zero-order chi connectivity index (χ0) is 16.2. The van der Waals surface area contributed by atoms with Gasteiger partial charge in [0.15, 0.2) is 10.4 Å². The minimum absolute atomic E-state index is 0.206. The third-order valence-electron chi connectivity index (χ3n) is 3.57. The first-order chi connectivity index (χ1) is 11.1. The molecule has 0 spiro atoms. The van der Waals surface area contributed by atoms with E-state index in [1.165, 1.54) is 0 Å². The van der Waals surface area contributed by atoms with E-state index in [2.05, 4.69) is 50.6 Å². The van der Waals surface area contributed by atoms with Crippen molar-refractivity contribution in [1.29, 1.82) is 0 Å². The van der Waals surface area contributed by atoms with Crippen LogP contribution in [0.4, 0.5) is 0 Å². The van der Waals surface area contributed by atoms with E-state index in [9.17, 15) is 4.79 Å². The van der Waals surface area contributed by atoms with Crippen LogP contribution in [0.3, 0.4) is 0 Å². The molecular formula is C17H16BrN3O2. The monoisotopic (exact) mass is 373 g/mol. The summed E-state index contributed by atoms with van der Waals surface area (Å²) in [6.07, 6.45) is 2.55. The van der Waals surface area contributed by atoms with Crippen LogP contribution in [-0.4, -0.2) is 22.2 Å². The number of carbonyl (C=O) groups excluding carboxylic acids is 1. The smallest absolute Gasteiger partial charge is 0.287 e. The van der Waals surface area contributed by atoms with Crippen LogP contribution >= 0.6 is 15.9 Å². The second-order valence-corrected chi connectivity index (χ2v) is 5.93. The van der Waals surface area contributed by atoms with E-state index in [0.717, 1.165) is 23.2 Å². The average molecular weight is 374 g/mol. The van der Waals surface area contributed by atoms with Crippen LogP contribution in [0.2, 0.25) is 0 Å². The standard InChI is InChI=1S/C17H16BrN3O2/c1-21-14(9-11-20-21)13-4-2-12(3-5-13)8-10-19-17(22)15-6-7-16(18)23-15/h2-7,9,11H,8,10H2,1H3,(H,19,22). The normalized spacial score (nSPS) is 10.7. The highest BCUT2D eigenvalue weighted by Gasteiger charge is 2.09. The number of aromatic nitrogens is 2. The highest BCUT2D eigenvalue weighted by molar-refractivity contribution is 9.10. The molecule has 0 bridgehead atoms. The Morgan fingerprint density at radius 3 is 2.61 bits per heavy atom. The highest BCUT2D eigenvalue weighted by atomic mass is 79.9. The van der Waals surface area contributed by atoms with Crippen LogP contribution in [0.25, 0.3) is 11.3 Å².